The van der Waals surface area contributed by atoms with E-state index in [-0.39, 0.29) is 11.8 Å². The normalized spacial score (nSPS) is 24.5. The molecule has 1 aliphatic rings. The summed E-state index contributed by atoms with van der Waals surface area (Å²) in [5, 5.41) is 9.20. The van der Waals surface area contributed by atoms with Gasteiger partial charge in [0, 0.05) is 13.0 Å². The summed E-state index contributed by atoms with van der Waals surface area (Å²) in [6.07, 6.45) is 3.98. The molecular formula is C14H26N2O3. The summed E-state index contributed by atoms with van der Waals surface area (Å²) in [7, 11) is 0. The van der Waals surface area contributed by atoms with E-state index in [1.165, 1.54) is 0 Å². The summed E-state index contributed by atoms with van der Waals surface area (Å²) in [4.78, 5) is 24.9. The Morgan fingerprint density at radius 1 is 1.42 bits per heavy atom. The summed E-state index contributed by atoms with van der Waals surface area (Å²) >= 11 is 0. The van der Waals surface area contributed by atoms with E-state index in [9.17, 15) is 14.7 Å². The quantitative estimate of drug-likeness (QED) is 0.733. The molecule has 3 unspecified atom stereocenters. The van der Waals surface area contributed by atoms with E-state index in [0.29, 0.717) is 25.4 Å². The minimum atomic E-state index is -0.882. The fourth-order valence-corrected chi connectivity index (χ4v) is 2.86. The Morgan fingerprint density at radius 2 is 2.11 bits per heavy atom. The van der Waals surface area contributed by atoms with Crippen molar-refractivity contribution < 1.29 is 14.7 Å². The minimum Gasteiger partial charge on any atom is -0.480 e. The minimum absolute atomic E-state index is 0.0211. The highest BCUT2D eigenvalue weighted by molar-refractivity contribution is 5.84. The second-order valence-electron chi connectivity index (χ2n) is 5.53. The van der Waals surface area contributed by atoms with Crippen molar-refractivity contribution in [2.75, 3.05) is 13.1 Å². The van der Waals surface area contributed by atoms with E-state index >= 15 is 0 Å². The number of carbonyl (C=O) groups is 2. The first-order valence-electron chi connectivity index (χ1n) is 7.23. The SMILES string of the molecule is CCC(CCN)CCC(=O)N1CCC(C)C1C(=O)O. The third-order valence-electron chi connectivity index (χ3n) is 4.19. The Balaban J connectivity index is 2.51. The Hall–Kier alpha value is -1.10. The van der Waals surface area contributed by atoms with E-state index in [0.717, 1.165) is 25.7 Å². The Labute approximate surface area is 115 Å². The first-order valence-corrected chi connectivity index (χ1v) is 7.23. The van der Waals surface area contributed by atoms with Crippen molar-refractivity contribution in [2.45, 2.75) is 52.0 Å². The molecule has 1 amide bonds. The van der Waals surface area contributed by atoms with Crippen LogP contribution < -0.4 is 5.73 Å². The molecule has 0 aromatic heterocycles. The van der Waals surface area contributed by atoms with Gasteiger partial charge in [-0.3, -0.25) is 4.79 Å². The average Bonchev–Trinajstić information content (AvgIpc) is 2.76. The van der Waals surface area contributed by atoms with Crippen LogP contribution in [0.4, 0.5) is 0 Å². The van der Waals surface area contributed by atoms with Gasteiger partial charge in [0.25, 0.3) is 0 Å². The van der Waals surface area contributed by atoms with Crippen LogP contribution in [0.1, 0.15) is 46.0 Å². The molecule has 3 N–H and O–H groups in total. The van der Waals surface area contributed by atoms with E-state index in [2.05, 4.69) is 6.92 Å². The largest absolute Gasteiger partial charge is 0.480 e. The van der Waals surface area contributed by atoms with Crippen LogP contribution in [0.2, 0.25) is 0 Å². The smallest absolute Gasteiger partial charge is 0.326 e. The molecule has 5 heteroatoms. The van der Waals surface area contributed by atoms with Crippen LogP contribution in [0.25, 0.3) is 0 Å². The highest BCUT2D eigenvalue weighted by Crippen LogP contribution is 2.26. The predicted molar refractivity (Wildman–Crippen MR) is 73.6 cm³/mol. The molecule has 0 aromatic rings. The Morgan fingerprint density at radius 3 is 2.63 bits per heavy atom. The summed E-state index contributed by atoms with van der Waals surface area (Å²) in [6.45, 7) is 5.22. The second-order valence-corrected chi connectivity index (χ2v) is 5.53. The summed E-state index contributed by atoms with van der Waals surface area (Å²) in [6, 6.07) is -0.637. The molecule has 0 spiro atoms. The van der Waals surface area contributed by atoms with E-state index in [4.69, 9.17) is 5.73 Å². The lowest BCUT2D eigenvalue weighted by molar-refractivity contribution is -0.149. The van der Waals surface area contributed by atoms with E-state index in [1.54, 1.807) is 4.90 Å². The van der Waals surface area contributed by atoms with Crippen LogP contribution in [0, 0.1) is 11.8 Å². The molecule has 1 rings (SSSR count). The van der Waals surface area contributed by atoms with Gasteiger partial charge in [-0.2, -0.15) is 0 Å². The highest BCUT2D eigenvalue weighted by Gasteiger charge is 2.39. The number of aliphatic carboxylic acids is 1. The number of amides is 1. The van der Waals surface area contributed by atoms with Gasteiger partial charge in [-0.25, -0.2) is 4.79 Å². The number of nitrogens with zero attached hydrogens (tertiary/aromatic N) is 1. The van der Waals surface area contributed by atoms with Crippen molar-refractivity contribution in [3.8, 4) is 0 Å². The maximum Gasteiger partial charge on any atom is 0.326 e. The van der Waals surface area contributed by atoms with Crippen LogP contribution in [0.15, 0.2) is 0 Å². The number of hydrogen-bond donors (Lipinski definition) is 2. The lowest BCUT2D eigenvalue weighted by atomic mass is 9.96. The summed E-state index contributed by atoms with van der Waals surface area (Å²) < 4.78 is 0. The molecule has 5 nitrogen and oxygen atoms in total. The number of likely N-dealkylation sites (tertiary alicyclic amines) is 1. The third-order valence-corrected chi connectivity index (χ3v) is 4.19. The zero-order chi connectivity index (χ0) is 14.4. The Bertz CT molecular complexity index is 320. The van der Waals surface area contributed by atoms with Crippen molar-refractivity contribution in [3.05, 3.63) is 0 Å². The van der Waals surface area contributed by atoms with Gasteiger partial charge in [-0.1, -0.05) is 20.3 Å². The van der Waals surface area contributed by atoms with Crippen molar-refractivity contribution in [1.82, 2.24) is 4.90 Å². The highest BCUT2D eigenvalue weighted by atomic mass is 16.4. The molecule has 0 saturated carbocycles. The zero-order valence-electron chi connectivity index (χ0n) is 12.0. The molecule has 110 valence electrons. The molecule has 0 bridgehead atoms. The van der Waals surface area contributed by atoms with Gasteiger partial charge in [0.15, 0.2) is 0 Å². The molecule has 0 aromatic carbocycles. The molecule has 1 fully saturated rings. The van der Waals surface area contributed by atoms with E-state index < -0.39 is 12.0 Å². The van der Waals surface area contributed by atoms with E-state index in [1.807, 2.05) is 6.92 Å². The number of carboxylic acid groups (broad SMARTS) is 1. The molecule has 1 saturated heterocycles. The third kappa shape index (κ3) is 4.20. The van der Waals surface area contributed by atoms with Crippen LogP contribution in [0.5, 0.6) is 0 Å². The molecular weight excluding hydrogens is 244 g/mol. The predicted octanol–water partition coefficient (Wildman–Crippen LogP) is 1.46. The molecule has 0 radical (unpaired) electrons. The topological polar surface area (TPSA) is 83.6 Å². The average molecular weight is 270 g/mol. The first kappa shape index (κ1) is 16.0. The molecule has 0 aliphatic carbocycles. The van der Waals surface area contributed by atoms with Crippen molar-refractivity contribution in [2.24, 2.45) is 17.6 Å². The van der Waals surface area contributed by atoms with Gasteiger partial charge in [-0.05, 0) is 37.6 Å². The van der Waals surface area contributed by atoms with Gasteiger partial charge < -0.3 is 15.7 Å². The Kier molecular flexibility index (Phi) is 6.28. The van der Waals surface area contributed by atoms with Crippen LogP contribution in [-0.2, 0) is 9.59 Å². The maximum absolute atomic E-state index is 12.2. The van der Waals surface area contributed by atoms with Gasteiger partial charge >= 0.3 is 5.97 Å². The molecule has 1 aliphatic heterocycles. The lowest BCUT2D eigenvalue weighted by Gasteiger charge is -2.24. The molecule has 3 atom stereocenters. The number of hydrogen-bond acceptors (Lipinski definition) is 3. The summed E-state index contributed by atoms with van der Waals surface area (Å²) in [5.41, 5.74) is 5.54. The monoisotopic (exact) mass is 270 g/mol. The first-order chi connectivity index (χ1) is 9.01. The van der Waals surface area contributed by atoms with Crippen LogP contribution >= 0.6 is 0 Å². The molecule has 19 heavy (non-hydrogen) atoms. The number of carboxylic acids is 1. The number of nitrogens with two attached hydrogens (primary N) is 1. The van der Waals surface area contributed by atoms with Gasteiger partial charge in [0.1, 0.15) is 6.04 Å². The van der Waals surface area contributed by atoms with Crippen LogP contribution in [-0.4, -0.2) is 41.0 Å². The maximum atomic E-state index is 12.2. The lowest BCUT2D eigenvalue weighted by Crippen LogP contribution is -2.42. The van der Waals surface area contributed by atoms with Crippen LogP contribution in [0.3, 0.4) is 0 Å². The number of carbonyl (C=O) groups excluding carboxylic acids is 1. The molecule has 1 heterocycles. The van der Waals surface area contributed by atoms with Crippen molar-refractivity contribution in [3.63, 3.8) is 0 Å². The second kappa shape index (κ2) is 7.48. The number of rotatable bonds is 7. The fourth-order valence-electron chi connectivity index (χ4n) is 2.86. The fraction of sp³-hybridized carbons (Fsp3) is 0.857. The summed E-state index contributed by atoms with van der Waals surface area (Å²) in [5.74, 6) is -0.385. The zero-order valence-corrected chi connectivity index (χ0v) is 12.0. The van der Waals surface area contributed by atoms with Gasteiger partial charge in [0.2, 0.25) is 5.91 Å². The van der Waals surface area contributed by atoms with Gasteiger partial charge in [-0.15, -0.1) is 0 Å². The van der Waals surface area contributed by atoms with Gasteiger partial charge in [0.05, 0.1) is 0 Å². The standard InChI is InChI=1S/C14H26N2O3/c1-3-11(6-8-15)4-5-12(17)16-9-7-10(2)13(16)14(18)19/h10-11,13H,3-9,15H2,1-2H3,(H,18,19). The van der Waals surface area contributed by atoms with Crippen molar-refractivity contribution >= 4 is 11.9 Å². The van der Waals surface area contributed by atoms with Crippen molar-refractivity contribution in [1.29, 1.82) is 0 Å².